The van der Waals surface area contributed by atoms with Gasteiger partial charge in [0.05, 0.1) is 11.8 Å². The predicted molar refractivity (Wildman–Crippen MR) is 77.9 cm³/mol. The van der Waals surface area contributed by atoms with Gasteiger partial charge in [-0.1, -0.05) is 13.8 Å². The van der Waals surface area contributed by atoms with Crippen LogP contribution in [0.3, 0.4) is 0 Å². The van der Waals surface area contributed by atoms with Crippen LogP contribution in [0.2, 0.25) is 0 Å². The molecule has 5 nitrogen and oxygen atoms in total. The Kier molecular flexibility index (Phi) is 3.01. The summed E-state index contributed by atoms with van der Waals surface area (Å²) in [5.74, 6) is 1.75. The van der Waals surface area contributed by atoms with E-state index in [9.17, 15) is 5.11 Å². The number of imidazole rings is 1. The minimum Gasteiger partial charge on any atom is -0.392 e. The van der Waals surface area contributed by atoms with Gasteiger partial charge in [0.1, 0.15) is 5.82 Å². The highest BCUT2D eigenvalue weighted by Crippen LogP contribution is 2.42. The Bertz CT molecular complexity index is 620. The van der Waals surface area contributed by atoms with E-state index in [-0.39, 0.29) is 17.6 Å². The zero-order chi connectivity index (χ0) is 14.3. The van der Waals surface area contributed by atoms with Crippen LogP contribution in [0.25, 0.3) is 5.82 Å². The van der Waals surface area contributed by atoms with Crippen LogP contribution in [0, 0.1) is 12.3 Å². The zero-order valence-corrected chi connectivity index (χ0v) is 12.0. The fourth-order valence-electron chi connectivity index (χ4n) is 2.64. The van der Waals surface area contributed by atoms with E-state index in [1.165, 1.54) is 0 Å². The van der Waals surface area contributed by atoms with E-state index in [2.05, 4.69) is 29.1 Å². The van der Waals surface area contributed by atoms with Crippen LogP contribution in [0.4, 0.5) is 5.69 Å². The van der Waals surface area contributed by atoms with Crippen molar-refractivity contribution in [3.8, 4) is 5.82 Å². The normalized spacial score (nSPS) is 24.2. The first kappa shape index (κ1) is 13.1. The lowest BCUT2D eigenvalue weighted by Crippen LogP contribution is -2.57. The molecule has 0 amide bonds. The highest BCUT2D eigenvalue weighted by molar-refractivity contribution is 5.58. The maximum atomic E-state index is 9.85. The lowest BCUT2D eigenvalue weighted by Gasteiger charge is -2.50. The minimum atomic E-state index is -0.241. The number of nitrogens with zero attached hydrogens (tertiary/aromatic N) is 3. The lowest BCUT2D eigenvalue weighted by atomic mass is 9.64. The van der Waals surface area contributed by atoms with Crippen molar-refractivity contribution in [1.82, 2.24) is 14.5 Å². The number of hydrogen-bond acceptors (Lipinski definition) is 4. The molecule has 106 valence electrons. The molecule has 1 saturated carbocycles. The Hall–Kier alpha value is -1.88. The molecule has 1 aliphatic carbocycles. The molecular weight excluding hydrogens is 252 g/mol. The van der Waals surface area contributed by atoms with Crippen LogP contribution in [-0.4, -0.2) is 31.8 Å². The molecule has 2 atom stereocenters. The summed E-state index contributed by atoms with van der Waals surface area (Å²) in [6.45, 7) is 6.12. The molecular formula is C15H20N4O. The van der Waals surface area contributed by atoms with Crippen molar-refractivity contribution in [2.45, 2.75) is 39.3 Å². The van der Waals surface area contributed by atoms with E-state index in [0.717, 1.165) is 23.8 Å². The standard InChI is InChI=1S/C15H20N4O/c1-10-16-7-8-19(10)14-11(5-4-6-17-14)18-12-9-13(20)15(12,2)3/h4-8,12-13,18,20H,9H2,1-3H3. The number of rotatable bonds is 3. The van der Waals surface area contributed by atoms with Gasteiger partial charge in [0.2, 0.25) is 0 Å². The van der Waals surface area contributed by atoms with Crippen LogP contribution < -0.4 is 5.32 Å². The zero-order valence-electron chi connectivity index (χ0n) is 12.0. The number of nitrogens with one attached hydrogen (secondary N) is 1. The molecule has 5 heteroatoms. The number of anilines is 1. The molecule has 0 radical (unpaired) electrons. The second kappa shape index (κ2) is 4.59. The van der Waals surface area contributed by atoms with Crippen LogP contribution >= 0.6 is 0 Å². The molecule has 0 spiro atoms. The Balaban J connectivity index is 1.90. The number of aromatic nitrogens is 3. The second-order valence-corrected chi connectivity index (χ2v) is 5.99. The second-order valence-electron chi connectivity index (χ2n) is 5.99. The molecule has 1 aliphatic rings. The number of hydrogen-bond donors (Lipinski definition) is 2. The summed E-state index contributed by atoms with van der Waals surface area (Å²) >= 11 is 0. The number of aliphatic hydroxyl groups excluding tert-OH is 1. The van der Waals surface area contributed by atoms with Gasteiger partial charge in [0, 0.05) is 30.0 Å². The number of pyridine rings is 1. The summed E-state index contributed by atoms with van der Waals surface area (Å²) in [7, 11) is 0. The molecule has 2 heterocycles. The van der Waals surface area contributed by atoms with Gasteiger partial charge in [-0.2, -0.15) is 0 Å². The van der Waals surface area contributed by atoms with E-state index in [0.29, 0.717) is 0 Å². The van der Waals surface area contributed by atoms with Gasteiger partial charge < -0.3 is 10.4 Å². The summed E-state index contributed by atoms with van der Waals surface area (Å²) < 4.78 is 1.96. The monoisotopic (exact) mass is 272 g/mol. The van der Waals surface area contributed by atoms with Gasteiger partial charge in [0.15, 0.2) is 5.82 Å². The fraction of sp³-hybridized carbons (Fsp3) is 0.467. The Morgan fingerprint density at radius 1 is 1.35 bits per heavy atom. The average Bonchev–Trinajstić information content (AvgIpc) is 2.85. The number of aliphatic hydroxyl groups is 1. The third-order valence-corrected chi connectivity index (χ3v) is 4.39. The smallest absolute Gasteiger partial charge is 0.161 e. The van der Waals surface area contributed by atoms with Gasteiger partial charge >= 0.3 is 0 Å². The topological polar surface area (TPSA) is 63.0 Å². The summed E-state index contributed by atoms with van der Waals surface area (Å²) in [5.41, 5.74) is 0.857. The third-order valence-electron chi connectivity index (χ3n) is 4.39. The molecule has 2 unspecified atom stereocenters. The Labute approximate surface area is 118 Å². The van der Waals surface area contributed by atoms with Crippen molar-refractivity contribution < 1.29 is 5.11 Å². The Morgan fingerprint density at radius 2 is 2.15 bits per heavy atom. The van der Waals surface area contributed by atoms with Gasteiger partial charge in [-0.3, -0.25) is 4.57 Å². The van der Waals surface area contributed by atoms with Crippen molar-refractivity contribution in [3.63, 3.8) is 0 Å². The van der Waals surface area contributed by atoms with Crippen LogP contribution in [-0.2, 0) is 0 Å². The lowest BCUT2D eigenvalue weighted by molar-refractivity contribution is -0.0510. The van der Waals surface area contributed by atoms with Gasteiger partial charge in [-0.05, 0) is 25.5 Å². The fourth-order valence-corrected chi connectivity index (χ4v) is 2.64. The molecule has 0 aliphatic heterocycles. The Morgan fingerprint density at radius 3 is 2.75 bits per heavy atom. The maximum Gasteiger partial charge on any atom is 0.161 e. The van der Waals surface area contributed by atoms with E-state index in [1.807, 2.05) is 29.8 Å². The van der Waals surface area contributed by atoms with E-state index < -0.39 is 0 Å². The van der Waals surface area contributed by atoms with Crippen molar-refractivity contribution in [1.29, 1.82) is 0 Å². The highest BCUT2D eigenvalue weighted by Gasteiger charge is 2.47. The minimum absolute atomic E-state index is 0.114. The quantitative estimate of drug-likeness (QED) is 0.898. The largest absolute Gasteiger partial charge is 0.392 e. The third kappa shape index (κ3) is 1.98. The van der Waals surface area contributed by atoms with Gasteiger partial charge in [-0.15, -0.1) is 0 Å². The first-order valence-corrected chi connectivity index (χ1v) is 6.90. The maximum absolute atomic E-state index is 9.85. The molecule has 2 aromatic rings. The molecule has 1 fully saturated rings. The van der Waals surface area contributed by atoms with Crippen molar-refractivity contribution in [2.24, 2.45) is 5.41 Å². The molecule has 0 aromatic carbocycles. The van der Waals surface area contributed by atoms with Crippen LogP contribution in [0.15, 0.2) is 30.7 Å². The predicted octanol–water partition coefficient (Wildman–Crippen LogP) is 2.15. The molecule has 2 aromatic heterocycles. The highest BCUT2D eigenvalue weighted by atomic mass is 16.3. The van der Waals surface area contributed by atoms with Crippen LogP contribution in [0.5, 0.6) is 0 Å². The molecule has 0 saturated heterocycles. The SMILES string of the molecule is Cc1nccn1-c1ncccc1NC1CC(O)C1(C)C. The summed E-state index contributed by atoms with van der Waals surface area (Å²) in [4.78, 5) is 8.70. The van der Waals surface area contributed by atoms with E-state index in [1.54, 1.807) is 12.4 Å². The van der Waals surface area contributed by atoms with Gasteiger partial charge in [-0.25, -0.2) is 9.97 Å². The van der Waals surface area contributed by atoms with E-state index in [4.69, 9.17) is 0 Å². The van der Waals surface area contributed by atoms with Crippen molar-refractivity contribution in [3.05, 3.63) is 36.5 Å². The summed E-state index contributed by atoms with van der Waals surface area (Å²) in [6.07, 6.45) is 5.98. The summed E-state index contributed by atoms with van der Waals surface area (Å²) in [6, 6.07) is 4.19. The molecule has 20 heavy (non-hydrogen) atoms. The van der Waals surface area contributed by atoms with Gasteiger partial charge in [0.25, 0.3) is 0 Å². The number of aryl methyl sites for hydroxylation is 1. The average molecular weight is 272 g/mol. The summed E-state index contributed by atoms with van der Waals surface area (Å²) in [5, 5.41) is 13.4. The molecule has 0 bridgehead atoms. The molecule has 3 rings (SSSR count). The van der Waals surface area contributed by atoms with Crippen molar-refractivity contribution in [2.75, 3.05) is 5.32 Å². The first-order chi connectivity index (χ1) is 9.50. The van der Waals surface area contributed by atoms with Crippen molar-refractivity contribution >= 4 is 5.69 Å². The first-order valence-electron chi connectivity index (χ1n) is 6.90. The van der Waals surface area contributed by atoms with Crippen LogP contribution in [0.1, 0.15) is 26.1 Å². The van der Waals surface area contributed by atoms with E-state index >= 15 is 0 Å². The molecule has 2 N–H and O–H groups in total.